The molecule has 7 nitrogen and oxygen atoms in total. The van der Waals surface area contributed by atoms with Crippen LogP contribution in [0, 0.1) is 0 Å². The summed E-state index contributed by atoms with van der Waals surface area (Å²) in [5, 5.41) is 0.319. The summed E-state index contributed by atoms with van der Waals surface area (Å²) in [6.07, 6.45) is 0.339. The molecule has 0 radical (unpaired) electrons. The summed E-state index contributed by atoms with van der Waals surface area (Å²) in [5.41, 5.74) is 1.58. The van der Waals surface area contributed by atoms with E-state index >= 15 is 0 Å². The first kappa shape index (κ1) is 21.4. The maximum Gasteiger partial charge on any atom is 0.307 e. The number of ether oxygens (including phenoxy) is 3. The number of rotatable bonds is 6. The van der Waals surface area contributed by atoms with Gasteiger partial charge in [-0.15, -0.1) is 0 Å². The lowest BCUT2D eigenvalue weighted by Crippen LogP contribution is -2.41. The Hall–Kier alpha value is -2.29. The topological polar surface area (TPSA) is 82.1 Å². The number of hydrogen-bond acceptors (Lipinski definition) is 6. The molecule has 9 heteroatoms. The minimum absolute atomic E-state index is 0.0730. The van der Waals surface area contributed by atoms with Gasteiger partial charge in [-0.25, -0.2) is 8.42 Å². The highest BCUT2D eigenvalue weighted by atomic mass is 35.5. The number of halogens is 1. The Balaban J connectivity index is 2.12. The Morgan fingerprint density at radius 1 is 1.14 bits per heavy atom. The van der Waals surface area contributed by atoms with Crippen LogP contribution in [0.3, 0.4) is 0 Å². The largest absolute Gasteiger partial charge is 0.493 e. The summed E-state index contributed by atoms with van der Waals surface area (Å²) in [4.78, 5) is 12.2. The Morgan fingerprint density at radius 2 is 1.83 bits per heavy atom. The molecule has 1 aliphatic heterocycles. The van der Waals surface area contributed by atoms with Crippen LogP contribution in [0.1, 0.15) is 23.6 Å². The number of methoxy groups -OCH3 is 3. The first-order valence-corrected chi connectivity index (χ1v) is 10.7. The zero-order valence-corrected chi connectivity index (χ0v) is 17.9. The van der Waals surface area contributed by atoms with E-state index in [1.54, 1.807) is 18.2 Å². The summed E-state index contributed by atoms with van der Waals surface area (Å²) >= 11 is 6.00. The molecule has 156 valence electrons. The molecule has 0 aliphatic carbocycles. The van der Waals surface area contributed by atoms with E-state index in [0.29, 0.717) is 28.5 Å². The van der Waals surface area contributed by atoms with E-state index in [-0.39, 0.29) is 17.9 Å². The third-order valence-electron chi connectivity index (χ3n) is 4.94. The molecule has 0 bridgehead atoms. The van der Waals surface area contributed by atoms with Crippen molar-refractivity contribution >= 4 is 27.6 Å². The summed E-state index contributed by atoms with van der Waals surface area (Å²) < 4.78 is 43.6. The van der Waals surface area contributed by atoms with Crippen molar-refractivity contribution in [3.05, 3.63) is 52.5 Å². The van der Waals surface area contributed by atoms with E-state index in [1.165, 1.54) is 37.8 Å². The molecule has 1 atom stereocenters. The Morgan fingerprint density at radius 3 is 2.45 bits per heavy atom. The van der Waals surface area contributed by atoms with Gasteiger partial charge in [-0.3, -0.25) is 4.79 Å². The molecule has 29 heavy (non-hydrogen) atoms. The van der Waals surface area contributed by atoms with Crippen molar-refractivity contribution in [3.63, 3.8) is 0 Å². The van der Waals surface area contributed by atoms with Crippen LogP contribution in [0.15, 0.2) is 41.3 Å². The van der Waals surface area contributed by atoms with Crippen LogP contribution in [0.4, 0.5) is 0 Å². The number of carbonyl (C=O) groups is 1. The summed E-state index contributed by atoms with van der Waals surface area (Å²) in [5.74, 6) is 0.501. The number of fused-ring (bicyclic) bond motifs is 1. The smallest absolute Gasteiger partial charge is 0.307 e. The van der Waals surface area contributed by atoms with Crippen molar-refractivity contribution < 1.29 is 27.4 Å². The fraction of sp³-hybridized carbons (Fsp3) is 0.350. The molecule has 0 aromatic heterocycles. The molecule has 2 aromatic rings. The van der Waals surface area contributed by atoms with E-state index in [1.807, 2.05) is 6.07 Å². The summed E-state index contributed by atoms with van der Waals surface area (Å²) in [6.45, 7) is 0.207. The van der Waals surface area contributed by atoms with Gasteiger partial charge >= 0.3 is 5.97 Å². The lowest BCUT2D eigenvalue weighted by molar-refractivity contribution is -0.141. The van der Waals surface area contributed by atoms with Gasteiger partial charge in [0, 0.05) is 11.6 Å². The minimum Gasteiger partial charge on any atom is -0.493 e. The van der Waals surface area contributed by atoms with Gasteiger partial charge in [0.1, 0.15) is 0 Å². The van der Waals surface area contributed by atoms with E-state index in [2.05, 4.69) is 0 Å². The van der Waals surface area contributed by atoms with Gasteiger partial charge in [-0.2, -0.15) is 4.31 Å². The van der Waals surface area contributed by atoms with E-state index in [0.717, 1.165) is 5.56 Å². The first-order valence-electron chi connectivity index (χ1n) is 8.90. The number of sulfonamides is 1. The second-order valence-electron chi connectivity index (χ2n) is 6.53. The van der Waals surface area contributed by atoms with Crippen LogP contribution in [0.25, 0.3) is 0 Å². The third kappa shape index (κ3) is 4.19. The highest BCUT2D eigenvalue weighted by Gasteiger charge is 2.38. The number of nitrogens with zero attached hydrogens (tertiary/aromatic N) is 1. The van der Waals surface area contributed by atoms with Crippen LogP contribution in [0.2, 0.25) is 5.02 Å². The Bertz CT molecular complexity index is 1020. The van der Waals surface area contributed by atoms with E-state index in [4.69, 9.17) is 25.8 Å². The maximum atomic E-state index is 13.4. The van der Waals surface area contributed by atoms with Crippen LogP contribution < -0.4 is 9.47 Å². The van der Waals surface area contributed by atoms with Crippen molar-refractivity contribution in [2.24, 2.45) is 0 Å². The molecular weight excluding hydrogens is 418 g/mol. The molecule has 0 saturated carbocycles. The molecule has 0 spiro atoms. The van der Waals surface area contributed by atoms with Gasteiger partial charge in [0.25, 0.3) is 0 Å². The zero-order chi connectivity index (χ0) is 21.2. The maximum absolute atomic E-state index is 13.4. The highest BCUT2D eigenvalue weighted by Crippen LogP contribution is 2.41. The van der Waals surface area contributed by atoms with Gasteiger partial charge in [0.15, 0.2) is 11.5 Å². The second-order valence-corrected chi connectivity index (χ2v) is 8.85. The second kappa shape index (κ2) is 8.61. The first-order chi connectivity index (χ1) is 13.8. The molecule has 1 heterocycles. The van der Waals surface area contributed by atoms with Crippen LogP contribution in [-0.4, -0.2) is 46.6 Å². The number of hydrogen-bond donors (Lipinski definition) is 0. The van der Waals surface area contributed by atoms with Crippen LogP contribution >= 0.6 is 11.6 Å². The van der Waals surface area contributed by atoms with Gasteiger partial charge in [0.2, 0.25) is 10.0 Å². The average molecular weight is 440 g/mol. The molecule has 1 aliphatic rings. The van der Waals surface area contributed by atoms with E-state index < -0.39 is 22.0 Å². The number of esters is 1. The predicted molar refractivity (Wildman–Crippen MR) is 108 cm³/mol. The van der Waals surface area contributed by atoms with Gasteiger partial charge < -0.3 is 14.2 Å². The van der Waals surface area contributed by atoms with Gasteiger partial charge in [-0.05, 0) is 47.9 Å². The Labute approximate surface area is 175 Å². The van der Waals surface area contributed by atoms with Crippen molar-refractivity contribution in [2.45, 2.75) is 23.8 Å². The SMILES string of the molecule is COC(=O)CC1c2cc(OC)c(OC)cc2CCN1S(=O)(=O)c1cccc(Cl)c1. The standard InChI is InChI=1S/C20H22ClNO6S/c1-26-18-9-13-7-8-22(29(24,25)15-6-4-5-14(21)10-15)17(12-20(23)28-3)16(13)11-19(18)27-2/h4-6,9-11,17H,7-8,12H2,1-3H3. The molecule has 2 aromatic carbocycles. The molecule has 0 saturated heterocycles. The molecule has 0 fully saturated rings. The van der Waals surface area contributed by atoms with Crippen molar-refractivity contribution in [1.82, 2.24) is 4.31 Å². The molecule has 1 unspecified atom stereocenters. The lowest BCUT2D eigenvalue weighted by Gasteiger charge is -2.36. The van der Waals surface area contributed by atoms with Crippen molar-refractivity contribution in [3.8, 4) is 11.5 Å². The zero-order valence-electron chi connectivity index (χ0n) is 16.3. The molecular formula is C20H22ClNO6S. The lowest BCUT2D eigenvalue weighted by atomic mass is 9.91. The third-order valence-corrected chi connectivity index (χ3v) is 7.08. The molecule has 0 N–H and O–H groups in total. The predicted octanol–water partition coefficient (Wildman–Crippen LogP) is 3.21. The molecule has 0 amide bonds. The normalized spacial score (nSPS) is 16.8. The summed E-state index contributed by atoms with van der Waals surface area (Å²) in [6, 6.07) is 8.88. The molecule has 3 rings (SSSR count). The minimum atomic E-state index is -3.90. The quantitative estimate of drug-likeness (QED) is 0.643. The fourth-order valence-corrected chi connectivity index (χ4v) is 5.42. The van der Waals surface area contributed by atoms with E-state index in [9.17, 15) is 13.2 Å². The van der Waals surface area contributed by atoms with Crippen molar-refractivity contribution in [1.29, 1.82) is 0 Å². The fourth-order valence-electron chi connectivity index (χ4n) is 3.51. The van der Waals surface area contributed by atoms with Crippen LogP contribution in [0.5, 0.6) is 11.5 Å². The van der Waals surface area contributed by atoms with Gasteiger partial charge in [-0.1, -0.05) is 17.7 Å². The number of carbonyl (C=O) groups excluding carboxylic acids is 1. The van der Waals surface area contributed by atoms with Crippen molar-refractivity contribution in [2.75, 3.05) is 27.9 Å². The summed E-state index contributed by atoms with van der Waals surface area (Å²) in [7, 11) is 0.417. The highest BCUT2D eigenvalue weighted by molar-refractivity contribution is 7.89. The average Bonchev–Trinajstić information content (AvgIpc) is 2.72. The number of benzene rings is 2. The van der Waals surface area contributed by atoms with Gasteiger partial charge in [0.05, 0.1) is 38.7 Å². The Kier molecular flexibility index (Phi) is 6.36. The monoisotopic (exact) mass is 439 g/mol. The van der Waals surface area contributed by atoms with Crippen LogP contribution in [-0.2, 0) is 26.0 Å².